The zero-order valence-electron chi connectivity index (χ0n) is 16.6. The zero-order chi connectivity index (χ0) is 21.5. The molecule has 0 radical (unpaired) electrons. The predicted octanol–water partition coefficient (Wildman–Crippen LogP) is 4.59. The van der Waals surface area contributed by atoms with Crippen LogP contribution < -0.4 is 5.32 Å². The number of nitrogens with zero attached hydrogens (tertiary/aromatic N) is 1. The van der Waals surface area contributed by atoms with Gasteiger partial charge in [0.1, 0.15) is 12.3 Å². The van der Waals surface area contributed by atoms with Crippen LogP contribution in [0.3, 0.4) is 0 Å². The highest BCUT2D eigenvalue weighted by Gasteiger charge is 2.38. The third-order valence-corrected chi connectivity index (χ3v) is 8.93. The van der Waals surface area contributed by atoms with E-state index in [4.69, 9.17) is 0 Å². The number of carbonyl (C=O) groups is 1. The molecular formula is C21H24F2N2O3S2. The van der Waals surface area contributed by atoms with Gasteiger partial charge in [0.15, 0.2) is 15.0 Å². The van der Waals surface area contributed by atoms with Crippen molar-refractivity contribution in [2.75, 3.05) is 5.32 Å². The molecule has 3 atom stereocenters. The molecule has 1 aromatic heterocycles. The molecule has 162 valence electrons. The summed E-state index contributed by atoms with van der Waals surface area (Å²) in [6, 6.07) is 6.34. The summed E-state index contributed by atoms with van der Waals surface area (Å²) in [5.74, 6) is -1.20. The quantitative estimate of drug-likeness (QED) is 0.664. The average molecular weight is 455 g/mol. The highest BCUT2D eigenvalue weighted by molar-refractivity contribution is 7.92. The van der Waals surface area contributed by atoms with E-state index in [0.29, 0.717) is 30.0 Å². The Hall–Kier alpha value is -1.87. The second kappa shape index (κ2) is 8.34. The van der Waals surface area contributed by atoms with E-state index in [1.54, 1.807) is 18.3 Å². The fourth-order valence-electron chi connectivity index (χ4n) is 4.01. The Kier molecular flexibility index (Phi) is 5.94. The van der Waals surface area contributed by atoms with Crippen LogP contribution in [-0.4, -0.2) is 36.9 Å². The van der Waals surface area contributed by atoms with Crippen LogP contribution in [0.2, 0.25) is 0 Å². The van der Waals surface area contributed by atoms with Crippen molar-refractivity contribution in [3.05, 3.63) is 40.9 Å². The number of alkyl halides is 2. The lowest BCUT2D eigenvalue weighted by molar-refractivity contribution is -0.118. The molecule has 1 heterocycles. The number of amides is 1. The van der Waals surface area contributed by atoms with Gasteiger partial charge in [-0.2, -0.15) is 0 Å². The number of carbonyl (C=O) groups excluding carboxylic acids is 1. The molecular weight excluding hydrogens is 430 g/mol. The van der Waals surface area contributed by atoms with Crippen LogP contribution in [0.4, 0.5) is 13.9 Å². The Balaban J connectivity index is 1.56. The summed E-state index contributed by atoms with van der Waals surface area (Å²) in [6.45, 7) is 1.88. The Morgan fingerprint density at radius 1 is 1.20 bits per heavy atom. The minimum atomic E-state index is -3.32. The van der Waals surface area contributed by atoms with Gasteiger partial charge in [-0.25, -0.2) is 22.2 Å². The van der Waals surface area contributed by atoms with Crippen LogP contribution >= 0.6 is 11.3 Å². The summed E-state index contributed by atoms with van der Waals surface area (Å²) >= 11 is 1.35. The van der Waals surface area contributed by atoms with E-state index in [1.165, 1.54) is 23.5 Å². The fraction of sp³-hybridized carbons (Fsp3) is 0.524. The Morgan fingerprint density at radius 2 is 1.83 bits per heavy atom. The standard InChI is InChI=1S/C21H24F2N2O3S2/c1-12-11-24-21(29-12)25-20(26)17(8-13-9-18(22)19(23)10-13)14-2-4-15(5-3-14)30(27,28)16-6-7-16/h2-5,11,13,16-19H,6-10H2,1H3,(H,24,25,26)/t13?,17-,18?,19?/m1/s1. The molecule has 2 saturated carbocycles. The van der Waals surface area contributed by atoms with Crippen LogP contribution in [0.1, 0.15) is 48.5 Å². The van der Waals surface area contributed by atoms with Gasteiger partial charge in [-0.3, -0.25) is 4.79 Å². The molecule has 1 aromatic carbocycles. The first-order valence-electron chi connectivity index (χ1n) is 10.1. The number of sulfone groups is 1. The number of rotatable bonds is 7. The third-order valence-electron chi connectivity index (χ3n) is 5.82. The fourth-order valence-corrected chi connectivity index (χ4v) is 6.34. The molecule has 2 unspecified atom stereocenters. The molecule has 2 aromatic rings. The molecule has 2 aliphatic carbocycles. The highest BCUT2D eigenvalue weighted by Crippen LogP contribution is 2.39. The molecule has 2 fully saturated rings. The van der Waals surface area contributed by atoms with Crippen molar-refractivity contribution < 1.29 is 22.0 Å². The minimum absolute atomic E-state index is 0.0927. The van der Waals surface area contributed by atoms with E-state index in [2.05, 4.69) is 10.3 Å². The molecule has 4 rings (SSSR count). The summed E-state index contributed by atoms with van der Waals surface area (Å²) in [4.78, 5) is 18.4. The second-order valence-corrected chi connectivity index (χ2v) is 11.7. The van der Waals surface area contributed by atoms with Gasteiger partial charge in [-0.05, 0) is 62.6 Å². The lowest BCUT2D eigenvalue weighted by atomic mass is 9.87. The molecule has 0 aliphatic heterocycles. The normalized spacial score (nSPS) is 25.2. The molecule has 30 heavy (non-hydrogen) atoms. The molecule has 2 aliphatic rings. The predicted molar refractivity (Wildman–Crippen MR) is 112 cm³/mol. The third kappa shape index (κ3) is 4.56. The van der Waals surface area contributed by atoms with Crippen molar-refractivity contribution in [2.24, 2.45) is 5.92 Å². The lowest BCUT2D eigenvalue weighted by Gasteiger charge is -2.20. The molecule has 1 N–H and O–H groups in total. The number of nitrogens with one attached hydrogen (secondary N) is 1. The minimum Gasteiger partial charge on any atom is -0.301 e. The Labute approximate surface area is 178 Å². The maximum atomic E-state index is 13.7. The van der Waals surface area contributed by atoms with Gasteiger partial charge in [0.2, 0.25) is 5.91 Å². The van der Waals surface area contributed by atoms with Gasteiger partial charge >= 0.3 is 0 Å². The van der Waals surface area contributed by atoms with E-state index >= 15 is 0 Å². The van der Waals surface area contributed by atoms with Gasteiger partial charge < -0.3 is 5.32 Å². The number of aromatic nitrogens is 1. The number of hydrogen-bond acceptors (Lipinski definition) is 5. The topological polar surface area (TPSA) is 76.1 Å². The molecule has 1 amide bonds. The van der Waals surface area contributed by atoms with Crippen molar-refractivity contribution in [1.29, 1.82) is 0 Å². The average Bonchev–Trinajstić information content (AvgIpc) is 3.42. The number of benzene rings is 1. The molecule has 9 heteroatoms. The van der Waals surface area contributed by atoms with Crippen molar-refractivity contribution in [3.8, 4) is 0 Å². The van der Waals surface area contributed by atoms with Gasteiger partial charge in [-0.1, -0.05) is 12.1 Å². The van der Waals surface area contributed by atoms with Gasteiger partial charge in [0, 0.05) is 11.1 Å². The molecule has 5 nitrogen and oxygen atoms in total. The molecule has 0 saturated heterocycles. The smallest absolute Gasteiger partial charge is 0.233 e. The van der Waals surface area contributed by atoms with Crippen molar-refractivity contribution in [3.63, 3.8) is 0 Å². The first-order valence-corrected chi connectivity index (χ1v) is 12.5. The monoisotopic (exact) mass is 454 g/mol. The molecule has 0 spiro atoms. The van der Waals surface area contributed by atoms with Gasteiger partial charge in [-0.15, -0.1) is 11.3 Å². The summed E-state index contributed by atoms with van der Waals surface area (Å²) in [5.41, 5.74) is 0.633. The summed E-state index contributed by atoms with van der Waals surface area (Å²) in [7, 11) is -3.32. The maximum absolute atomic E-state index is 13.7. The van der Waals surface area contributed by atoms with Crippen molar-refractivity contribution in [2.45, 2.75) is 67.4 Å². The van der Waals surface area contributed by atoms with Crippen molar-refractivity contribution >= 4 is 32.2 Å². The molecule has 0 bridgehead atoms. The van der Waals surface area contributed by atoms with E-state index < -0.39 is 28.1 Å². The number of halogens is 2. The lowest BCUT2D eigenvalue weighted by Crippen LogP contribution is -2.23. The Bertz CT molecular complexity index is 1010. The van der Waals surface area contributed by atoms with Crippen molar-refractivity contribution in [1.82, 2.24) is 4.98 Å². The first-order chi connectivity index (χ1) is 14.2. The van der Waals surface area contributed by atoms with Crippen LogP contribution in [-0.2, 0) is 14.6 Å². The van der Waals surface area contributed by atoms with E-state index in [-0.39, 0.29) is 34.8 Å². The number of aryl methyl sites for hydroxylation is 1. The van der Waals surface area contributed by atoms with E-state index in [0.717, 1.165) is 4.88 Å². The van der Waals surface area contributed by atoms with Crippen LogP contribution in [0.5, 0.6) is 0 Å². The van der Waals surface area contributed by atoms with Crippen LogP contribution in [0.25, 0.3) is 0 Å². The summed E-state index contributed by atoms with van der Waals surface area (Å²) < 4.78 is 52.2. The Morgan fingerprint density at radius 3 is 2.37 bits per heavy atom. The summed E-state index contributed by atoms with van der Waals surface area (Å²) in [5, 5.41) is 2.95. The number of anilines is 1. The zero-order valence-corrected chi connectivity index (χ0v) is 18.2. The maximum Gasteiger partial charge on any atom is 0.233 e. The summed E-state index contributed by atoms with van der Waals surface area (Å²) in [6.07, 6.45) is 0.511. The highest BCUT2D eigenvalue weighted by atomic mass is 32.2. The largest absolute Gasteiger partial charge is 0.301 e. The van der Waals surface area contributed by atoms with Gasteiger partial charge in [0.25, 0.3) is 0 Å². The van der Waals surface area contributed by atoms with Crippen LogP contribution in [0.15, 0.2) is 35.4 Å². The van der Waals surface area contributed by atoms with E-state index in [1.807, 2.05) is 6.92 Å². The second-order valence-electron chi connectivity index (χ2n) is 8.24. The SMILES string of the molecule is Cc1cnc(NC(=O)[C@H](CC2CC(F)C(F)C2)c2ccc(S(=O)(=O)C3CC3)cc2)s1. The number of hydrogen-bond donors (Lipinski definition) is 1. The van der Waals surface area contributed by atoms with Gasteiger partial charge in [0.05, 0.1) is 16.1 Å². The van der Waals surface area contributed by atoms with Crippen LogP contribution in [0, 0.1) is 12.8 Å². The van der Waals surface area contributed by atoms with E-state index in [9.17, 15) is 22.0 Å². The number of thiazole rings is 1. The first kappa shape index (κ1) is 21.4.